The van der Waals surface area contributed by atoms with E-state index >= 15 is 0 Å². The van der Waals surface area contributed by atoms with Gasteiger partial charge in [0.15, 0.2) is 0 Å². The fourth-order valence-electron chi connectivity index (χ4n) is 2.62. The van der Waals surface area contributed by atoms with Crippen molar-refractivity contribution >= 4 is 7.25 Å². The van der Waals surface area contributed by atoms with Crippen molar-refractivity contribution in [3.8, 4) is 0 Å². The van der Waals surface area contributed by atoms with Crippen molar-refractivity contribution in [3.05, 3.63) is 0 Å². The highest BCUT2D eigenvalue weighted by Gasteiger charge is 2.20. The number of unbranched alkanes of at least 4 members (excludes halogenated alkanes) is 15. The summed E-state index contributed by atoms with van der Waals surface area (Å²) in [7, 11) is -6.00. The van der Waals surface area contributed by atoms with E-state index in [2.05, 4.69) is 13.8 Å². The van der Waals surface area contributed by atoms with E-state index in [4.69, 9.17) is 0 Å². The third kappa shape index (κ3) is 39.0. The zero-order valence-corrected chi connectivity index (χ0v) is 15.4. The van der Waals surface area contributed by atoms with Crippen LogP contribution in [-0.2, 0) is 0 Å². The first-order chi connectivity index (χ1) is 10.9. The molecule has 0 saturated heterocycles. The lowest BCUT2D eigenvalue weighted by Crippen LogP contribution is -2.02. The van der Waals surface area contributed by atoms with Gasteiger partial charge < -0.3 is 17.3 Å². The van der Waals surface area contributed by atoms with Crippen LogP contribution in [0.4, 0.5) is 17.3 Å². The fourth-order valence-corrected chi connectivity index (χ4v) is 2.62. The summed E-state index contributed by atoms with van der Waals surface area (Å²) >= 11 is 0. The summed E-state index contributed by atoms with van der Waals surface area (Å²) in [5.74, 6) is 0. The van der Waals surface area contributed by atoms with Gasteiger partial charge in [-0.05, 0) is 0 Å². The molecule has 0 nitrogen and oxygen atoms in total. The molecule has 0 saturated carbocycles. The second-order valence-corrected chi connectivity index (χ2v) is 6.44. The molecule has 0 bridgehead atoms. The third-order valence-electron chi connectivity index (χ3n) is 3.96. The first kappa shape index (κ1) is 25.0. The standard InChI is InChI=1S/C18H38.BF4/c1-3-5-7-9-11-13-15-17-18-16-14-12-10-8-6-4-2;2-1(3,4)5/h3-18H2,1-2H3;/q;-1. The molecule has 0 spiro atoms. The van der Waals surface area contributed by atoms with E-state index in [1.807, 2.05) is 0 Å². The molecule has 0 heterocycles. The molecule has 0 aliphatic rings. The summed E-state index contributed by atoms with van der Waals surface area (Å²) in [6, 6.07) is 0. The van der Waals surface area contributed by atoms with Crippen LogP contribution in [0.1, 0.15) is 117 Å². The van der Waals surface area contributed by atoms with Crippen LogP contribution in [0, 0.1) is 0 Å². The van der Waals surface area contributed by atoms with Crippen LogP contribution in [0.15, 0.2) is 0 Å². The second kappa shape index (κ2) is 19.8. The highest BCUT2D eigenvalue weighted by Crippen LogP contribution is 2.13. The van der Waals surface area contributed by atoms with Crippen LogP contribution >= 0.6 is 0 Å². The molecule has 0 N–H and O–H groups in total. The molecule has 0 fully saturated rings. The Labute approximate surface area is 141 Å². The monoisotopic (exact) mass is 341 g/mol. The van der Waals surface area contributed by atoms with Crippen molar-refractivity contribution < 1.29 is 17.3 Å². The molecule has 0 unspecified atom stereocenters. The Hall–Kier alpha value is -0.215. The second-order valence-electron chi connectivity index (χ2n) is 6.44. The van der Waals surface area contributed by atoms with E-state index < -0.39 is 7.25 Å². The van der Waals surface area contributed by atoms with Gasteiger partial charge in [-0.25, -0.2) is 0 Å². The van der Waals surface area contributed by atoms with Crippen LogP contribution in [0.3, 0.4) is 0 Å². The minimum atomic E-state index is -6.00. The SMILES string of the molecule is CCCCCCCCCCCCCCCCCC.F[B-](F)(F)F. The lowest BCUT2D eigenvalue weighted by atomic mass is 10.0. The molecule has 0 rings (SSSR count). The molecule has 0 atom stereocenters. The zero-order chi connectivity index (χ0) is 17.8. The molecular weight excluding hydrogens is 303 g/mol. The van der Waals surface area contributed by atoms with E-state index in [0.717, 1.165) is 0 Å². The number of hydrogen-bond donors (Lipinski definition) is 0. The Morgan fingerprint density at radius 3 is 0.652 bits per heavy atom. The maximum absolute atomic E-state index is 9.75. The number of rotatable bonds is 15. The van der Waals surface area contributed by atoms with Crippen molar-refractivity contribution in [1.29, 1.82) is 0 Å². The van der Waals surface area contributed by atoms with E-state index in [9.17, 15) is 17.3 Å². The van der Waals surface area contributed by atoms with Crippen LogP contribution in [0.25, 0.3) is 0 Å². The van der Waals surface area contributed by atoms with Gasteiger partial charge in [0.2, 0.25) is 0 Å². The maximum Gasteiger partial charge on any atom is 0.673 e. The zero-order valence-electron chi connectivity index (χ0n) is 15.4. The number of hydrogen-bond acceptors (Lipinski definition) is 0. The average Bonchev–Trinajstić information content (AvgIpc) is 2.46. The Morgan fingerprint density at radius 1 is 0.391 bits per heavy atom. The smallest absolute Gasteiger partial charge is 0.418 e. The first-order valence-electron chi connectivity index (χ1n) is 9.79. The van der Waals surface area contributed by atoms with E-state index in [1.54, 1.807) is 0 Å². The van der Waals surface area contributed by atoms with Crippen molar-refractivity contribution in [2.24, 2.45) is 0 Å². The Balaban J connectivity index is 0. The van der Waals surface area contributed by atoms with Gasteiger partial charge >= 0.3 is 7.25 Å². The van der Waals surface area contributed by atoms with Gasteiger partial charge in [-0.1, -0.05) is 117 Å². The molecule has 0 aliphatic heterocycles. The summed E-state index contributed by atoms with van der Waals surface area (Å²) in [5, 5.41) is 0. The van der Waals surface area contributed by atoms with Gasteiger partial charge in [-0.2, -0.15) is 0 Å². The molecule has 0 aromatic heterocycles. The quantitative estimate of drug-likeness (QED) is 0.159. The van der Waals surface area contributed by atoms with Crippen molar-refractivity contribution in [2.45, 2.75) is 117 Å². The van der Waals surface area contributed by atoms with E-state index in [1.165, 1.54) is 103 Å². The van der Waals surface area contributed by atoms with Crippen molar-refractivity contribution in [1.82, 2.24) is 0 Å². The molecule has 5 heteroatoms. The summed E-state index contributed by atoms with van der Waals surface area (Å²) < 4.78 is 39.0. The van der Waals surface area contributed by atoms with Gasteiger partial charge in [0, 0.05) is 0 Å². The largest absolute Gasteiger partial charge is 0.673 e. The fraction of sp³-hybridized carbons (Fsp3) is 1.00. The van der Waals surface area contributed by atoms with Gasteiger partial charge in [0.25, 0.3) is 0 Å². The maximum atomic E-state index is 9.75. The van der Waals surface area contributed by atoms with Gasteiger partial charge in [0.05, 0.1) is 0 Å². The van der Waals surface area contributed by atoms with Crippen molar-refractivity contribution in [2.75, 3.05) is 0 Å². The topological polar surface area (TPSA) is 0 Å². The highest BCUT2D eigenvalue weighted by molar-refractivity contribution is 6.50. The minimum absolute atomic E-state index is 1.37. The highest BCUT2D eigenvalue weighted by atomic mass is 19.5. The van der Waals surface area contributed by atoms with Crippen LogP contribution in [-0.4, -0.2) is 7.25 Å². The van der Waals surface area contributed by atoms with Gasteiger partial charge in [0.1, 0.15) is 0 Å². The van der Waals surface area contributed by atoms with E-state index in [0.29, 0.717) is 0 Å². The van der Waals surface area contributed by atoms with Crippen LogP contribution in [0.5, 0.6) is 0 Å². The Kier molecular flexibility index (Phi) is 21.6. The van der Waals surface area contributed by atoms with Crippen LogP contribution < -0.4 is 0 Å². The van der Waals surface area contributed by atoms with Gasteiger partial charge in [-0.3, -0.25) is 0 Å². The lowest BCUT2D eigenvalue weighted by Gasteiger charge is -2.03. The van der Waals surface area contributed by atoms with Crippen LogP contribution in [0.2, 0.25) is 0 Å². The predicted molar refractivity (Wildman–Crippen MR) is 95.4 cm³/mol. The number of halogens is 4. The Morgan fingerprint density at radius 2 is 0.522 bits per heavy atom. The molecule has 0 amide bonds. The molecule has 0 aromatic rings. The van der Waals surface area contributed by atoms with Gasteiger partial charge in [-0.15, -0.1) is 0 Å². The lowest BCUT2D eigenvalue weighted by molar-refractivity contribution is 0.368. The molecular formula is C18H38BF4-. The predicted octanol–water partition coefficient (Wildman–Crippen LogP) is 8.57. The normalized spacial score (nSPS) is 11.2. The molecule has 23 heavy (non-hydrogen) atoms. The minimum Gasteiger partial charge on any atom is -0.418 e. The molecule has 0 aliphatic carbocycles. The third-order valence-corrected chi connectivity index (χ3v) is 3.96. The average molecular weight is 341 g/mol. The summed E-state index contributed by atoms with van der Waals surface area (Å²) in [4.78, 5) is 0. The van der Waals surface area contributed by atoms with Crippen molar-refractivity contribution in [3.63, 3.8) is 0 Å². The Bertz CT molecular complexity index is 186. The van der Waals surface area contributed by atoms with E-state index in [-0.39, 0.29) is 0 Å². The summed E-state index contributed by atoms with van der Waals surface area (Å²) in [6.07, 6.45) is 23.4. The molecule has 0 aromatic carbocycles. The molecule has 0 radical (unpaired) electrons. The first-order valence-corrected chi connectivity index (χ1v) is 9.79. The summed E-state index contributed by atoms with van der Waals surface area (Å²) in [5.41, 5.74) is 0. The molecule has 142 valence electrons. The summed E-state index contributed by atoms with van der Waals surface area (Å²) in [6.45, 7) is 4.59.